The van der Waals surface area contributed by atoms with E-state index in [0.717, 1.165) is 26.1 Å². The van der Waals surface area contributed by atoms with Crippen LogP contribution in [0, 0.1) is 0 Å². The van der Waals surface area contributed by atoms with E-state index in [1.165, 1.54) is 17.8 Å². The zero-order chi connectivity index (χ0) is 13.5. The van der Waals surface area contributed by atoms with Crippen LogP contribution in [0.25, 0.3) is 0 Å². The lowest BCUT2D eigenvalue weighted by Crippen LogP contribution is -2.35. The molecule has 0 saturated carbocycles. The predicted molar refractivity (Wildman–Crippen MR) is 76.7 cm³/mol. The molecule has 1 heterocycles. The Morgan fingerprint density at radius 1 is 1.44 bits per heavy atom. The second-order valence-corrected chi connectivity index (χ2v) is 5.02. The summed E-state index contributed by atoms with van der Waals surface area (Å²) < 4.78 is 1.98. The number of hydrogen-bond donors (Lipinski definition) is 1. The van der Waals surface area contributed by atoms with E-state index >= 15 is 0 Å². The number of likely N-dealkylation sites (N-methyl/N-ethyl adjacent to an activating group) is 1. The standard InChI is InChI=1S/C14H28N4/c1-6-12(3)17(4)9-8-15-11-14-10-13(7-2)16-18(14)5/h10,12,15H,6-9,11H2,1-5H3. The minimum atomic E-state index is 0.662. The van der Waals surface area contributed by atoms with E-state index < -0.39 is 0 Å². The molecule has 0 aliphatic heterocycles. The van der Waals surface area contributed by atoms with Crippen molar-refractivity contribution >= 4 is 0 Å². The molecular weight excluding hydrogens is 224 g/mol. The molecule has 18 heavy (non-hydrogen) atoms. The first kappa shape index (κ1) is 15.2. The van der Waals surface area contributed by atoms with Crippen molar-refractivity contribution < 1.29 is 0 Å². The van der Waals surface area contributed by atoms with E-state index in [0.29, 0.717) is 6.04 Å². The lowest BCUT2D eigenvalue weighted by Gasteiger charge is -2.23. The Labute approximate surface area is 111 Å². The number of hydrogen-bond acceptors (Lipinski definition) is 3. The molecular formula is C14H28N4. The Hall–Kier alpha value is -0.870. The van der Waals surface area contributed by atoms with Crippen molar-refractivity contribution in [3.63, 3.8) is 0 Å². The normalized spacial score (nSPS) is 13.2. The van der Waals surface area contributed by atoms with Crippen LogP contribution in [0.1, 0.15) is 38.6 Å². The van der Waals surface area contributed by atoms with E-state index in [2.05, 4.69) is 49.2 Å². The lowest BCUT2D eigenvalue weighted by atomic mass is 10.2. The molecule has 1 rings (SSSR count). The van der Waals surface area contributed by atoms with Crippen molar-refractivity contribution in [2.45, 2.75) is 46.2 Å². The molecule has 0 aromatic carbocycles. The van der Waals surface area contributed by atoms with Crippen molar-refractivity contribution in [2.75, 3.05) is 20.1 Å². The number of rotatable bonds is 8. The zero-order valence-electron chi connectivity index (χ0n) is 12.5. The summed E-state index contributed by atoms with van der Waals surface area (Å²) in [4.78, 5) is 2.40. The van der Waals surface area contributed by atoms with Gasteiger partial charge < -0.3 is 10.2 Å². The van der Waals surface area contributed by atoms with Crippen LogP contribution >= 0.6 is 0 Å². The molecule has 1 N–H and O–H groups in total. The third kappa shape index (κ3) is 4.42. The van der Waals surface area contributed by atoms with Crippen LogP contribution in [0.15, 0.2) is 6.07 Å². The first-order valence-electron chi connectivity index (χ1n) is 7.01. The lowest BCUT2D eigenvalue weighted by molar-refractivity contribution is 0.251. The van der Waals surface area contributed by atoms with Gasteiger partial charge in [-0.05, 0) is 32.9 Å². The summed E-state index contributed by atoms with van der Waals surface area (Å²) >= 11 is 0. The van der Waals surface area contributed by atoms with E-state index in [4.69, 9.17) is 0 Å². The van der Waals surface area contributed by atoms with Crippen LogP contribution in [-0.4, -0.2) is 40.9 Å². The highest BCUT2D eigenvalue weighted by molar-refractivity contribution is 5.09. The summed E-state index contributed by atoms with van der Waals surface area (Å²) in [6, 6.07) is 2.85. The highest BCUT2D eigenvalue weighted by atomic mass is 15.3. The molecule has 1 aromatic heterocycles. The third-order valence-corrected chi connectivity index (χ3v) is 3.68. The van der Waals surface area contributed by atoms with Crippen molar-refractivity contribution in [3.8, 4) is 0 Å². The van der Waals surface area contributed by atoms with Gasteiger partial charge in [-0.15, -0.1) is 0 Å². The van der Waals surface area contributed by atoms with Gasteiger partial charge in [0, 0.05) is 32.7 Å². The van der Waals surface area contributed by atoms with Gasteiger partial charge in [0.25, 0.3) is 0 Å². The smallest absolute Gasteiger partial charge is 0.0625 e. The van der Waals surface area contributed by atoms with Crippen LogP contribution in [-0.2, 0) is 20.0 Å². The van der Waals surface area contributed by atoms with Gasteiger partial charge in [0.05, 0.1) is 11.4 Å². The SMILES string of the molecule is CCc1cc(CNCCN(C)C(C)CC)n(C)n1. The molecule has 104 valence electrons. The van der Waals surface area contributed by atoms with E-state index in [1.807, 2.05) is 11.7 Å². The Bertz CT molecular complexity index is 346. The number of aryl methyl sites for hydroxylation is 2. The summed E-state index contributed by atoms with van der Waals surface area (Å²) in [5.41, 5.74) is 2.43. The number of nitrogens with one attached hydrogen (secondary N) is 1. The highest BCUT2D eigenvalue weighted by Crippen LogP contribution is 2.03. The molecule has 0 aliphatic carbocycles. The highest BCUT2D eigenvalue weighted by Gasteiger charge is 2.06. The van der Waals surface area contributed by atoms with E-state index in [9.17, 15) is 0 Å². The first-order chi connectivity index (χ1) is 8.58. The first-order valence-corrected chi connectivity index (χ1v) is 7.01. The summed E-state index contributed by atoms with van der Waals surface area (Å²) in [6.45, 7) is 9.66. The van der Waals surface area contributed by atoms with Crippen molar-refractivity contribution in [2.24, 2.45) is 7.05 Å². The summed E-state index contributed by atoms with van der Waals surface area (Å²) in [6.07, 6.45) is 2.21. The fourth-order valence-corrected chi connectivity index (χ4v) is 1.91. The molecule has 1 atom stereocenters. The van der Waals surface area contributed by atoms with Gasteiger partial charge in [-0.2, -0.15) is 5.10 Å². The molecule has 0 amide bonds. The Morgan fingerprint density at radius 3 is 2.72 bits per heavy atom. The molecule has 1 unspecified atom stereocenters. The zero-order valence-corrected chi connectivity index (χ0v) is 12.5. The Balaban J connectivity index is 2.27. The fraction of sp³-hybridized carbons (Fsp3) is 0.786. The average Bonchev–Trinajstić information content (AvgIpc) is 2.74. The van der Waals surface area contributed by atoms with Gasteiger partial charge in [-0.25, -0.2) is 0 Å². The van der Waals surface area contributed by atoms with Gasteiger partial charge in [-0.3, -0.25) is 4.68 Å². The maximum absolute atomic E-state index is 4.45. The monoisotopic (exact) mass is 252 g/mol. The second-order valence-electron chi connectivity index (χ2n) is 5.02. The minimum absolute atomic E-state index is 0.662. The van der Waals surface area contributed by atoms with Gasteiger partial charge in [0.15, 0.2) is 0 Å². The summed E-state index contributed by atoms with van der Waals surface area (Å²) in [5.74, 6) is 0. The third-order valence-electron chi connectivity index (χ3n) is 3.68. The van der Waals surface area contributed by atoms with Gasteiger partial charge in [-0.1, -0.05) is 13.8 Å². The average molecular weight is 252 g/mol. The molecule has 0 spiro atoms. The van der Waals surface area contributed by atoms with Crippen LogP contribution in [0.5, 0.6) is 0 Å². The van der Waals surface area contributed by atoms with Gasteiger partial charge in [0.2, 0.25) is 0 Å². The second kappa shape index (κ2) is 7.54. The number of aromatic nitrogens is 2. The molecule has 0 aliphatic rings. The maximum atomic E-state index is 4.45. The van der Waals surface area contributed by atoms with Gasteiger partial charge in [0.1, 0.15) is 0 Å². The van der Waals surface area contributed by atoms with Crippen LogP contribution in [0.4, 0.5) is 0 Å². The molecule has 0 radical (unpaired) electrons. The Kier molecular flexibility index (Phi) is 6.36. The van der Waals surface area contributed by atoms with Crippen LogP contribution in [0.3, 0.4) is 0 Å². The molecule has 4 nitrogen and oxygen atoms in total. The van der Waals surface area contributed by atoms with Crippen LogP contribution in [0.2, 0.25) is 0 Å². The fourth-order valence-electron chi connectivity index (χ4n) is 1.91. The van der Waals surface area contributed by atoms with Gasteiger partial charge >= 0.3 is 0 Å². The quantitative estimate of drug-likeness (QED) is 0.716. The minimum Gasteiger partial charge on any atom is -0.310 e. The number of nitrogens with zero attached hydrogens (tertiary/aromatic N) is 3. The molecule has 0 fully saturated rings. The molecule has 0 bridgehead atoms. The summed E-state index contributed by atoms with van der Waals surface area (Å²) in [7, 11) is 4.20. The topological polar surface area (TPSA) is 33.1 Å². The molecule has 0 saturated heterocycles. The van der Waals surface area contributed by atoms with Crippen molar-refractivity contribution in [1.82, 2.24) is 20.0 Å². The predicted octanol–water partition coefficient (Wildman–Crippen LogP) is 1.80. The maximum Gasteiger partial charge on any atom is 0.0625 e. The van der Waals surface area contributed by atoms with Crippen molar-refractivity contribution in [1.29, 1.82) is 0 Å². The van der Waals surface area contributed by atoms with Crippen LogP contribution < -0.4 is 5.32 Å². The van der Waals surface area contributed by atoms with E-state index in [1.54, 1.807) is 0 Å². The van der Waals surface area contributed by atoms with E-state index in [-0.39, 0.29) is 0 Å². The Morgan fingerprint density at radius 2 is 2.17 bits per heavy atom. The summed E-state index contributed by atoms with van der Waals surface area (Å²) in [5, 5.41) is 7.94. The molecule has 4 heteroatoms. The largest absolute Gasteiger partial charge is 0.310 e. The van der Waals surface area contributed by atoms with Crippen molar-refractivity contribution in [3.05, 3.63) is 17.5 Å². The molecule has 1 aromatic rings.